The highest BCUT2D eigenvalue weighted by Gasteiger charge is 2.33. The fraction of sp³-hybridized carbons (Fsp3) is 0.650. The van der Waals surface area contributed by atoms with Gasteiger partial charge in [-0.05, 0) is 50.3 Å². The molecule has 0 radical (unpaired) electrons. The van der Waals surface area contributed by atoms with Crippen LogP contribution in [0.4, 0.5) is 18.0 Å². The number of carbonyl (C=O) groups excluding carboxylic acids is 1. The van der Waals surface area contributed by atoms with E-state index in [4.69, 9.17) is 5.73 Å². The van der Waals surface area contributed by atoms with E-state index < -0.39 is 11.7 Å². The van der Waals surface area contributed by atoms with Gasteiger partial charge in [0.1, 0.15) is 0 Å². The van der Waals surface area contributed by atoms with Crippen LogP contribution < -0.4 is 11.1 Å². The molecule has 0 saturated carbocycles. The first-order valence-corrected chi connectivity index (χ1v) is 9.92. The predicted molar refractivity (Wildman–Crippen MR) is 102 cm³/mol. The normalized spacial score (nSPS) is 24.5. The van der Waals surface area contributed by atoms with Crippen molar-refractivity contribution in [2.45, 2.75) is 51.0 Å². The number of nitrogens with zero attached hydrogens (tertiary/aromatic N) is 2. The van der Waals surface area contributed by atoms with Crippen LogP contribution in [0.2, 0.25) is 0 Å². The standard InChI is InChI=1S/C20H29F3N4O/c1-14-9-16(11-24)13-27(14)19(28)25-18-5-7-26(8-6-18)12-15-3-2-4-17(10-15)20(21,22)23/h2-4,10,14,16,18H,5-9,11-13,24H2,1H3,(H,25,28). The van der Waals surface area contributed by atoms with Crippen LogP contribution in [0.25, 0.3) is 0 Å². The minimum absolute atomic E-state index is 0.0280. The van der Waals surface area contributed by atoms with Gasteiger partial charge < -0.3 is 16.0 Å². The second kappa shape index (κ2) is 8.69. The Balaban J connectivity index is 1.47. The Morgan fingerprint density at radius 1 is 1.29 bits per heavy atom. The molecule has 2 heterocycles. The van der Waals surface area contributed by atoms with Crippen LogP contribution >= 0.6 is 0 Å². The Morgan fingerprint density at radius 3 is 2.61 bits per heavy atom. The molecule has 0 bridgehead atoms. The molecule has 0 aliphatic carbocycles. The first-order valence-electron chi connectivity index (χ1n) is 9.92. The number of rotatable bonds is 4. The average molecular weight is 398 g/mol. The van der Waals surface area contributed by atoms with Crippen molar-refractivity contribution in [1.29, 1.82) is 0 Å². The molecule has 156 valence electrons. The Kier molecular flexibility index (Phi) is 6.50. The van der Waals surface area contributed by atoms with E-state index in [1.165, 1.54) is 12.1 Å². The molecule has 1 aromatic rings. The van der Waals surface area contributed by atoms with E-state index in [0.717, 1.165) is 38.4 Å². The maximum atomic E-state index is 12.9. The van der Waals surface area contributed by atoms with Crippen LogP contribution in [0.1, 0.15) is 37.3 Å². The molecule has 2 fully saturated rings. The Morgan fingerprint density at radius 2 is 2.00 bits per heavy atom. The van der Waals surface area contributed by atoms with E-state index in [2.05, 4.69) is 10.2 Å². The SMILES string of the molecule is CC1CC(CN)CN1C(=O)NC1CCN(Cc2cccc(C(F)(F)F)c2)CC1. The van der Waals surface area contributed by atoms with E-state index in [0.29, 0.717) is 31.1 Å². The van der Waals surface area contributed by atoms with Crippen molar-refractivity contribution in [2.75, 3.05) is 26.2 Å². The van der Waals surface area contributed by atoms with Crippen LogP contribution in [0.15, 0.2) is 24.3 Å². The summed E-state index contributed by atoms with van der Waals surface area (Å²) < 4.78 is 38.6. The number of carbonyl (C=O) groups is 1. The number of piperidine rings is 1. The molecule has 3 N–H and O–H groups in total. The highest BCUT2D eigenvalue weighted by atomic mass is 19.4. The summed E-state index contributed by atoms with van der Waals surface area (Å²) in [5, 5.41) is 3.12. The molecule has 3 rings (SSSR count). The summed E-state index contributed by atoms with van der Waals surface area (Å²) in [6, 6.07) is 5.78. The van der Waals surface area contributed by atoms with Gasteiger partial charge in [-0.1, -0.05) is 18.2 Å². The van der Waals surface area contributed by atoms with Crippen molar-refractivity contribution >= 4 is 6.03 Å². The number of amides is 2. The van der Waals surface area contributed by atoms with Gasteiger partial charge >= 0.3 is 12.2 Å². The summed E-state index contributed by atoms with van der Waals surface area (Å²) in [6.07, 6.45) is -1.78. The molecular weight excluding hydrogens is 369 g/mol. The van der Waals surface area contributed by atoms with Crippen molar-refractivity contribution < 1.29 is 18.0 Å². The number of benzene rings is 1. The minimum Gasteiger partial charge on any atom is -0.335 e. The summed E-state index contributed by atoms with van der Waals surface area (Å²) in [7, 11) is 0. The number of urea groups is 1. The minimum atomic E-state index is -4.32. The maximum Gasteiger partial charge on any atom is 0.416 e. The highest BCUT2D eigenvalue weighted by Crippen LogP contribution is 2.30. The number of likely N-dealkylation sites (tertiary alicyclic amines) is 2. The van der Waals surface area contributed by atoms with Crippen molar-refractivity contribution in [3.63, 3.8) is 0 Å². The number of alkyl halides is 3. The van der Waals surface area contributed by atoms with Gasteiger partial charge in [0.05, 0.1) is 5.56 Å². The van der Waals surface area contributed by atoms with E-state index >= 15 is 0 Å². The van der Waals surface area contributed by atoms with Crippen molar-refractivity contribution in [1.82, 2.24) is 15.1 Å². The molecule has 2 aliphatic heterocycles. The summed E-state index contributed by atoms with van der Waals surface area (Å²) in [5.41, 5.74) is 5.78. The van der Waals surface area contributed by atoms with Crippen molar-refractivity contribution in [3.05, 3.63) is 35.4 Å². The number of hydrogen-bond acceptors (Lipinski definition) is 3. The molecule has 8 heteroatoms. The molecule has 5 nitrogen and oxygen atoms in total. The average Bonchev–Trinajstić information content (AvgIpc) is 3.04. The number of nitrogens with one attached hydrogen (secondary N) is 1. The third kappa shape index (κ3) is 5.17. The molecule has 0 spiro atoms. The number of hydrogen-bond donors (Lipinski definition) is 2. The molecule has 2 saturated heterocycles. The zero-order chi connectivity index (χ0) is 20.3. The molecule has 2 aliphatic rings. The quantitative estimate of drug-likeness (QED) is 0.820. The van der Waals surface area contributed by atoms with Crippen molar-refractivity contribution in [3.8, 4) is 0 Å². The van der Waals surface area contributed by atoms with Gasteiger partial charge in [-0.25, -0.2) is 4.79 Å². The Bertz CT molecular complexity index is 674. The predicted octanol–water partition coefficient (Wildman–Crippen LogP) is 3.05. The van der Waals surface area contributed by atoms with Gasteiger partial charge in [-0.2, -0.15) is 13.2 Å². The molecule has 1 aromatic carbocycles. The van der Waals surface area contributed by atoms with E-state index in [1.807, 2.05) is 11.8 Å². The second-order valence-electron chi connectivity index (χ2n) is 8.04. The lowest BCUT2D eigenvalue weighted by Crippen LogP contribution is -2.50. The fourth-order valence-corrected chi connectivity index (χ4v) is 4.19. The lowest BCUT2D eigenvalue weighted by Gasteiger charge is -2.34. The smallest absolute Gasteiger partial charge is 0.335 e. The Labute approximate surface area is 164 Å². The first kappa shape index (κ1) is 20.9. The zero-order valence-electron chi connectivity index (χ0n) is 16.2. The molecule has 0 aromatic heterocycles. The summed E-state index contributed by atoms with van der Waals surface area (Å²) in [4.78, 5) is 16.6. The summed E-state index contributed by atoms with van der Waals surface area (Å²) in [6.45, 7) is 5.35. The van der Waals surface area contributed by atoms with Crippen molar-refractivity contribution in [2.24, 2.45) is 11.7 Å². The molecule has 2 unspecified atom stereocenters. The fourth-order valence-electron chi connectivity index (χ4n) is 4.19. The highest BCUT2D eigenvalue weighted by molar-refractivity contribution is 5.75. The summed E-state index contributed by atoms with van der Waals surface area (Å²) in [5.74, 6) is 0.370. The number of nitrogens with two attached hydrogens (primary N) is 1. The molecule has 2 atom stereocenters. The van der Waals surface area contributed by atoms with E-state index in [1.54, 1.807) is 6.07 Å². The van der Waals surface area contributed by atoms with Crippen LogP contribution in [0, 0.1) is 5.92 Å². The lowest BCUT2D eigenvalue weighted by atomic mass is 10.0. The van der Waals surface area contributed by atoms with Gasteiger partial charge in [-0.3, -0.25) is 4.90 Å². The van der Waals surface area contributed by atoms with E-state index in [-0.39, 0.29) is 18.1 Å². The number of halogens is 3. The Hall–Kier alpha value is -1.80. The van der Waals surface area contributed by atoms with Gasteiger partial charge in [0.2, 0.25) is 0 Å². The van der Waals surface area contributed by atoms with Gasteiger partial charge in [0, 0.05) is 38.3 Å². The molecule has 28 heavy (non-hydrogen) atoms. The molecule has 2 amide bonds. The topological polar surface area (TPSA) is 61.6 Å². The second-order valence-corrected chi connectivity index (χ2v) is 8.04. The van der Waals surface area contributed by atoms with Crippen LogP contribution in [-0.2, 0) is 12.7 Å². The van der Waals surface area contributed by atoms with Gasteiger partial charge in [-0.15, -0.1) is 0 Å². The lowest BCUT2D eigenvalue weighted by molar-refractivity contribution is -0.137. The van der Waals surface area contributed by atoms with Crippen LogP contribution in [-0.4, -0.2) is 54.1 Å². The first-order chi connectivity index (χ1) is 13.3. The largest absolute Gasteiger partial charge is 0.416 e. The third-order valence-electron chi connectivity index (χ3n) is 5.83. The summed E-state index contributed by atoms with van der Waals surface area (Å²) >= 11 is 0. The van der Waals surface area contributed by atoms with Crippen LogP contribution in [0.5, 0.6) is 0 Å². The van der Waals surface area contributed by atoms with Crippen LogP contribution in [0.3, 0.4) is 0 Å². The van der Waals surface area contributed by atoms with E-state index in [9.17, 15) is 18.0 Å². The zero-order valence-corrected chi connectivity index (χ0v) is 16.2. The maximum absolute atomic E-state index is 12.9. The van der Waals surface area contributed by atoms with Gasteiger partial charge in [0.15, 0.2) is 0 Å². The van der Waals surface area contributed by atoms with Gasteiger partial charge in [0.25, 0.3) is 0 Å². The third-order valence-corrected chi connectivity index (χ3v) is 5.83. The monoisotopic (exact) mass is 398 g/mol. The molecular formula is C20H29F3N4O.